The van der Waals surface area contributed by atoms with Crippen molar-refractivity contribution in [2.45, 2.75) is 12.5 Å². The summed E-state index contributed by atoms with van der Waals surface area (Å²) in [7, 11) is 1.45. The number of rotatable bonds is 7. The Bertz CT molecular complexity index is 855. The van der Waals surface area contributed by atoms with Crippen molar-refractivity contribution in [3.8, 4) is 5.75 Å². The molecule has 9 heteroatoms. The summed E-state index contributed by atoms with van der Waals surface area (Å²) in [6.45, 7) is 0. The number of non-ortho nitro benzene ring substituents is 1. The molecule has 0 unspecified atom stereocenters. The smallest absolute Gasteiger partial charge is 0.305 e. The van der Waals surface area contributed by atoms with Crippen molar-refractivity contribution in [2.75, 3.05) is 7.11 Å². The van der Waals surface area contributed by atoms with Crippen LogP contribution in [0.2, 0.25) is 5.02 Å². The molecule has 0 aliphatic carbocycles. The van der Waals surface area contributed by atoms with Gasteiger partial charge in [-0.15, -0.1) is 0 Å². The Kier molecular flexibility index (Phi) is 6.13. The van der Waals surface area contributed by atoms with Gasteiger partial charge in [-0.25, -0.2) is 0 Å². The second kappa shape index (κ2) is 8.30. The van der Waals surface area contributed by atoms with E-state index in [1.165, 1.54) is 31.4 Å². The van der Waals surface area contributed by atoms with Crippen molar-refractivity contribution in [3.63, 3.8) is 0 Å². The topological polar surface area (TPSA) is 119 Å². The lowest BCUT2D eigenvalue weighted by molar-refractivity contribution is -0.384. The fraction of sp³-hybridized carbons (Fsp3) is 0.176. The monoisotopic (exact) mass is 378 g/mol. The zero-order valence-corrected chi connectivity index (χ0v) is 14.4. The fourth-order valence-electron chi connectivity index (χ4n) is 2.33. The molecule has 0 spiro atoms. The van der Waals surface area contributed by atoms with Crippen LogP contribution in [0.15, 0.2) is 42.5 Å². The van der Waals surface area contributed by atoms with E-state index in [2.05, 4.69) is 5.32 Å². The molecule has 2 aromatic rings. The molecule has 1 atom stereocenters. The summed E-state index contributed by atoms with van der Waals surface area (Å²) in [4.78, 5) is 34.0. The van der Waals surface area contributed by atoms with Gasteiger partial charge in [-0.2, -0.15) is 0 Å². The standard InChI is InChI=1S/C17H15ClN2O6/c1-26-12-4-2-3-10(7-12)17(23)19-15(9-16(21)22)13-8-11(20(24)25)5-6-14(13)18/h2-8,15H,9H2,1H3,(H,19,23)(H,21,22)/t15-/m0/s1. The molecule has 0 aromatic heterocycles. The van der Waals surface area contributed by atoms with Crippen LogP contribution in [0.4, 0.5) is 5.69 Å². The molecule has 0 aliphatic heterocycles. The Labute approximate surface area is 153 Å². The predicted molar refractivity (Wildman–Crippen MR) is 93.6 cm³/mol. The number of nitrogens with one attached hydrogen (secondary N) is 1. The van der Waals surface area contributed by atoms with E-state index in [9.17, 15) is 19.7 Å². The number of nitrogens with zero attached hydrogens (tertiary/aromatic N) is 1. The minimum atomic E-state index is -1.19. The van der Waals surface area contributed by atoms with Gasteiger partial charge in [0.05, 0.1) is 24.5 Å². The lowest BCUT2D eigenvalue weighted by Gasteiger charge is -2.19. The molecular weight excluding hydrogens is 364 g/mol. The Balaban J connectivity index is 2.36. The molecule has 8 nitrogen and oxygen atoms in total. The molecule has 0 fully saturated rings. The van der Waals surface area contributed by atoms with Crippen LogP contribution in [0, 0.1) is 10.1 Å². The number of methoxy groups -OCH3 is 1. The zero-order valence-electron chi connectivity index (χ0n) is 13.6. The average Bonchev–Trinajstić information content (AvgIpc) is 2.61. The number of nitro groups is 1. The number of carbonyl (C=O) groups is 2. The number of halogens is 1. The molecule has 1 amide bonds. The molecule has 26 heavy (non-hydrogen) atoms. The second-order valence-corrected chi connectivity index (χ2v) is 5.73. The summed E-state index contributed by atoms with van der Waals surface area (Å²) in [6, 6.07) is 8.89. The number of ether oxygens (including phenoxy) is 1. The maximum absolute atomic E-state index is 12.5. The number of hydrogen-bond donors (Lipinski definition) is 2. The van der Waals surface area contributed by atoms with E-state index in [-0.39, 0.29) is 21.8 Å². The number of carboxylic acid groups (broad SMARTS) is 1. The zero-order chi connectivity index (χ0) is 19.3. The first-order chi connectivity index (χ1) is 12.3. The maximum atomic E-state index is 12.5. The van der Waals surface area contributed by atoms with Gasteiger partial charge in [0, 0.05) is 28.3 Å². The number of hydrogen-bond acceptors (Lipinski definition) is 5. The van der Waals surface area contributed by atoms with E-state index in [0.29, 0.717) is 5.75 Å². The van der Waals surface area contributed by atoms with Crippen molar-refractivity contribution in [3.05, 3.63) is 68.7 Å². The van der Waals surface area contributed by atoms with Crippen LogP contribution in [0.5, 0.6) is 5.75 Å². The van der Waals surface area contributed by atoms with Crippen molar-refractivity contribution in [1.82, 2.24) is 5.32 Å². The summed E-state index contributed by atoms with van der Waals surface area (Å²) >= 11 is 6.07. The Morgan fingerprint density at radius 3 is 2.65 bits per heavy atom. The van der Waals surface area contributed by atoms with Crippen LogP contribution in [-0.4, -0.2) is 29.0 Å². The molecule has 0 heterocycles. The van der Waals surface area contributed by atoms with E-state index in [4.69, 9.17) is 21.4 Å². The Morgan fingerprint density at radius 2 is 2.04 bits per heavy atom. The first-order valence-electron chi connectivity index (χ1n) is 7.42. The lowest BCUT2D eigenvalue weighted by Crippen LogP contribution is -2.30. The molecule has 0 saturated carbocycles. The highest BCUT2D eigenvalue weighted by Crippen LogP contribution is 2.29. The van der Waals surface area contributed by atoms with Crippen molar-refractivity contribution < 1.29 is 24.4 Å². The summed E-state index contributed by atoms with van der Waals surface area (Å²) in [6.07, 6.45) is -0.489. The van der Waals surface area contributed by atoms with Crippen LogP contribution in [0.25, 0.3) is 0 Å². The van der Waals surface area contributed by atoms with Crippen molar-refractivity contribution in [2.24, 2.45) is 0 Å². The fourth-order valence-corrected chi connectivity index (χ4v) is 2.58. The molecular formula is C17H15ClN2O6. The number of benzene rings is 2. The SMILES string of the molecule is COc1cccc(C(=O)N[C@@H](CC(=O)O)c2cc([N+](=O)[O-])ccc2Cl)c1. The normalized spacial score (nSPS) is 11.5. The molecule has 0 saturated heterocycles. The van der Waals surface area contributed by atoms with Gasteiger partial charge < -0.3 is 15.2 Å². The van der Waals surface area contributed by atoms with E-state index in [1.54, 1.807) is 12.1 Å². The van der Waals surface area contributed by atoms with Crippen LogP contribution >= 0.6 is 11.6 Å². The lowest BCUT2D eigenvalue weighted by atomic mass is 10.0. The van der Waals surface area contributed by atoms with Crippen molar-refractivity contribution >= 4 is 29.2 Å². The predicted octanol–water partition coefficient (Wildman–Crippen LogP) is 3.20. The molecule has 2 aromatic carbocycles. The van der Waals surface area contributed by atoms with Crippen LogP contribution in [-0.2, 0) is 4.79 Å². The molecule has 0 bridgehead atoms. The van der Waals surface area contributed by atoms with E-state index >= 15 is 0 Å². The van der Waals surface area contributed by atoms with Crippen LogP contribution in [0.3, 0.4) is 0 Å². The Hall–Kier alpha value is -3.13. The third-order valence-electron chi connectivity index (χ3n) is 3.58. The van der Waals surface area contributed by atoms with Gasteiger partial charge in [0.1, 0.15) is 5.75 Å². The average molecular weight is 379 g/mol. The highest BCUT2D eigenvalue weighted by Gasteiger charge is 2.23. The van der Waals surface area contributed by atoms with Gasteiger partial charge in [0.25, 0.3) is 11.6 Å². The number of nitro benzene ring substituents is 1. The van der Waals surface area contributed by atoms with Gasteiger partial charge in [0.2, 0.25) is 0 Å². The first kappa shape index (κ1) is 19.2. The van der Waals surface area contributed by atoms with E-state index in [1.807, 2.05) is 0 Å². The molecule has 0 aliphatic rings. The minimum absolute atomic E-state index is 0.118. The van der Waals surface area contributed by atoms with Gasteiger partial charge >= 0.3 is 5.97 Å². The largest absolute Gasteiger partial charge is 0.497 e. The van der Waals surface area contributed by atoms with Crippen LogP contribution in [0.1, 0.15) is 28.4 Å². The van der Waals surface area contributed by atoms with E-state index < -0.39 is 29.3 Å². The summed E-state index contributed by atoms with van der Waals surface area (Å²) < 4.78 is 5.05. The third kappa shape index (κ3) is 4.70. The molecule has 136 valence electrons. The molecule has 0 radical (unpaired) electrons. The summed E-state index contributed by atoms with van der Waals surface area (Å²) in [5, 5.41) is 22.8. The first-order valence-corrected chi connectivity index (χ1v) is 7.80. The number of carbonyl (C=O) groups excluding carboxylic acids is 1. The van der Waals surface area contributed by atoms with Gasteiger partial charge in [-0.3, -0.25) is 19.7 Å². The quantitative estimate of drug-likeness (QED) is 0.564. The number of amides is 1. The Morgan fingerprint density at radius 1 is 1.31 bits per heavy atom. The maximum Gasteiger partial charge on any atom is 0.305 e. The van der Waals surface area contributed by atoms with Crippen LogP contribution < -0.4 is 10.1 Å². The summed E-state index contributed by atoms with van der Waals surface area (Å²) in [5.74, 6) is -1.29. The van der Waals surface area contributed by atoms with Crippen molar-refractivity contribution in [1.29, 1.82) is 0 Å². The number of aliphatic carboxylic acids is 1. The third-order valence-corrected chi connectivity index (χ3v) is 3.93. The summed E-state index contributed by atoms with van der Waals surface area (Å²) in [5.41, 5.74) is 0.149. The molecule has 2 rings (SSSR count). The second-order valence-electron chi connectivity index (χ2n) is 5.32. The highest BCUT2D eigenvalue weighted by atomic mass is 35.5. The minimum Gasteiger partial charge on any atom is -0.497 e. The van der Waals surface area contributed by atoms with E-state index in [0.717, 1.165) is 6.07 Å². The number of carboxylic acids is 1. The van der Waals surface area contributed by atoms with Gasteiger partial charge in [-0.05, 0) is 24.3 Å². The highest BCUT2D eigenvalue weighted by molar-refractivity contribution is 6.31. The molecule has 2 N–H and O–H groups in total. The van der Waals surface area contributed by atoms with Gasteiger partial charge in [0.15, 0.2) is 0 Å². The van der Waals surface area contributed by atoms with Gasteiger partial charge in [-0.1, -0.05) is 17.7 Å².